The number of phenols is 1. The summed E-state index contributed by atoms with van der Waals surface area (Å²) in [6, 6.07) is 6.78. The summed E-state index contributed by atoms with van der Waals surface area (Å²) in [5.41, 5.74) is 6.49. The fourth-order valence-corrected chi connectivity index (χ4v) is 2.03. The van der Waals surface area contributed by atoms with Crippen molar-refractivity contribution in [3.05, 3.63) is 30.2 Å². The highest BCUT2D eigenvalue weighted by molar-refractivity contribution is 5.56. The smallest absolute Gasteiger partial charge is 0.231 e. The van der Waals surface area contributed by atoms with Gasteiger partial charge < -0.3 is 15.4 Å². The van der Waals surface area contributed by atoms with E-state index in [1.807, 2.05) is 6.07 Å². The van der Waals surface area contributed by atoms with Crippen LogP contribution in [0.1, 0.15) is 32.1 Å². The molecule has 19 heavy (non-hydrogen) atoms. The van der Waals surface area contributed by atoms with E-state index in [1.165, 1.54) is 0 Å². The molecule has 0 fully saturated rings. The van der Waals surface area contributed by atoms with Gasteiger partial charge in [-0.15, -0.1) is 0 Å². The SMILES string of the molecule is CC(C)CC(CN)c1nc(-c2cccc(O)c2)no1. The summed E-state index contributed by atoms with van der Waals surface area (Å²) in [5, 5.41) is 13.4. The van der Waals surface area contributed by atoms with Gasteiger partial charge in [-0.1, -0.05) is 31.1 Å². The second-order valence-corrected chi connectivity index (χ2v) is 5.07. The van der Waals surface area contributed by atoms with E-state index in [9.17, 15) is 5.11 Å². The van der Waals surface area contributed by atoms with Gasteiger partial charge in [0.2, 0.25) is 11.7 Å². The molecule has 0 saturated carbocycles. The minimum Gasteiger partial charge on any atom is -0.508 e. The van der Waals surface area contributed by atoms with Crippen molar-refractivity contribution < 1.29 is 9.63 Å². The number of hydrogen-bond acceptors (Lipinski definition) is 5. The highest BCUT2D eigenvalue weighted by Crippen LogP contribution is 2.25. The Labute approximate surface area is 112 Å². The van der Waals surface area contributed by atoms with E-state index < -0.39 is 0 Å². The third-order valence-corrected chi connectivity index (χ3v) is 2.94. The molecule has 3 N–H and O–H groups in total. The van der Waals surface area contributed by atoms with Crippen LogP contribution in [0, 0.1) is 5.92 Å². The standard InChI is InChI=1S/C14H19N3O2/c1-9(2)6-11(8-15)14-16-13(17-19-14)10-4-3-5-12(18)7-10/h3-5,7,9,11,18H,6,8,15H2,1-2H3. The third-order valence-electron chi connectivity index (χ3n) is 2.94. The summed E-state index contributed by atoms with van der Waals surface area (Å²) in [5.74, 6) is 1.83. The first-order valence-corrected chi connectivity index (χ1v) is 6.43. The molecule has 5 heteroatoms. The lowest BCUT2D eigenvalue weighted by molar-refractivity contribution is 0.335. The van der Waals surface area contributed by atoms with Gasteiger partial charge in [-0.3, -0.25) is 0 Å². The van der Waals surface area contributed by atoms with Crippen LogP contribution in [0.5, 0.6) is 5.75 Å². The summed E-state index contributed by atoms with van der Waals surface area (Å²) >= 11 is 0. The zero-order chi connectivity index (χ0) is 13.8. The van der Waals surface area contributed by atoms with E-state index in [4.69, 9.17) is 10.3 Å². The lowest BCUT2D eigenvalue weighted by atomic mass is 9.97. The van der Waals surface area contributed by atoms with Gasteiger partial charge in [0.1, 0.15) is 5.75 Å². The molecule has 0 spiro atoms. The highest BCUT2D eigenvalue weighted by atomic mass is 16.5. The van der Waals surface area contributed by atoms with Crippen LogP contribution >= 0.6 is 0 Å². The maximum absolute atomic E-state index is 9.45. The van der Waals surface area contributed by atoms with Crippen molar-refractivity contribution in [3.63, 3.8) is 0 Å². The van der Waals surface area contributed by atoms with Gasteiger partial charge in [0.25, 0.3) is 0 Å². The van der Waals surface area contributed by atoms with E-state index in [2.05, 4.69) is 24.0 Å². The summed E-state index contributed by atoms with van der Waals surface area (Å²) in [6.07, 6.45) is 0.915. The Morgan fingerprint density at radius 1 is 1.37 bits per heavy atom. The average molecular weight is 261 g/mol. The number of hydrogen-bond donors (Lipinski definition) is 2. The van der Waals surface area contributed by atoms with Crippen LogP contribution in [0.4, 0.5) is 0 Å². The molecule has 0 amide bonds. The molecule has 1 unspecified atom stereocenters. The number of nitrogens with zero attached hydrogens (tertiary/aromatic N) is 2. The van der Waals surface area contributed by atoms with Crippen LogP contribution in [0.25, 0.3) is 11.4 Å². The number of benzene rings is 1. The maximum atomic E-state index is 9.45. The topological polar surface area (TPSA) is 85.2 Å². The first-order chi connectivity index (χ1) is 9.10. The molecule has 1 aromatic carbocycles. The van der Waals surface area contributed by atoms with E-state index in [1.54, 1.807) is 18.2 Å². The lowest BCUT2D eigenvalue weighted by Gasteiger charge is -2.11. The number of aromatic hydroxyl groups is 1. The summed E-state index contributed by atoms with van der Waals surface area (Å²) in [7, 11) is 0. The minimum absolute atomic E-state index is 0.0820. The molecule has 0 aliphatic heterocycles. The van der Waals surface area contributed by atoms with Gasteiger partial charge in [0.05, 0.1) is 5.92 Å². The Kier molecular flexibility index (Phi) is 4.16. The second-order valence-electron chi connectivity index (χ2n) is 5.07. The molecule has 0 radical (unpaired) electrons. The Hall–Kier alpha value is -1.88. The molecule has 2 aromatic rings. The van der Waals surface area contributed by atoms with Gasteiger partial charge in [-0.2, -0.15) is 4.98 Å². The third kappa shape index (κ3) is 3.32. The molecule has 1 heterocycles. The predicted molar refractivity (Wildman–Crippen MR) is 72.6 cm³/mol. The van der Waals surface area contributed by atoms with Gasteiger partial charge in [0, 0.05) is 12.1 Å². The van der Waals surface area contributed by atoms with Crippen molar-refractivity contribution >= 4 is 0 Å². The molecule has 0 bridgehead atoms. The molecule has 0 aliphatic rings. The molecule has 1 atom stereocenters. The van der Waals surface area contributed by atoms with Crippen molar-refractivity contribution in [2.24, 2.45) is 11.7 Å². The summed E-state index contributed by atoms with van der Waals surface area (Å²) < 4.78 is 5.29. The Balaban J connectivity index is 2.23. The largest absolute Gasteiger partial charge is 0.508 e. The molecule has 1 aromatic heterocycles. The van der Waals surface area contributed by atoms with Crippen molar-refractivity contribution in [3.8, 4) is 17.1 Å². The molecule has 2 rings (SSSR count). The van der Waals surface area contributed by atoms with Crippen molar-refractivity contribution in [2.45, 2.75) is 26.2 Å². The fourth-order valence-electron chi connectivity index (χ4n) is 2.03. The molecule has 102 valence electrons. The van der Waals surface area contributed by atoms with Gasteiger partial charge >= 0.3 is 0 Å². The lowest BCUT2D eigenvalue weighted by Crippen LogP contribution is -2.15. The van der Waals surface area contributed by atoms with Gasteiger partial charge in [-0.25, -0.2) is 0 Å². The maximum Gasteiger partial charge on any atom is 0.231 e. The van der Waals surface area contributed by atoms with E-state index in [0.29, 0.717) is 24.2 Å². The first kappa shape index (κ1) is 13.5. The van der Waals surface area contributed by atoms with E-state index in [-0.39, 0.29) is 11.7 Å². The molecule has 0 aliphatic carbocycles. The Morgan fingerprint density at radius 3 is 2.79 bits per heavy atom. The predicted octanol–water partition coefficient (Wildman–Crippen LogP) is 2.53. The van der Waals surface area contributed by atoms with Crippen molar-refractivity contribution in [1.29, 1.82) is 0 Å². The summed E-state index contributed by atoms with van der Waals surface area (Å²) in [4.78, 5) is 4.38. The molecule has 0 saturated heterocycles. The highest BCUT2D eigenvalue weighted by Gasteiger charge is 2.19. The molecular weight excluding hydrogens is 242 g/mol. The minimum atomic E-state index is 0.0820. The molecular formula is C14H19N3O2. The van der Waals surface area contributed by atoms with Crippen LogP contribution in [0.2, 0.25) is 0 Å². The number of aromatic nitrogens is 2. The number of nitrogens with two attached hydrogens (primary N) is 1. The number of rotatable bonds is 5. The zero-order valence-electron chi connectivity index (χ0n) is 11.2. The fraction of sp³-hybridized carbons (Fsp3) is 0.429. The Morgan fingerprint density at radius 2 is 2.16 bits per heavy atom. The van der Waals surface area contributed by atoms with Crippen LogP contribution in [0.3, 0.4) is 0 Å². The van der Waals surface area contributed by atoms with Crippen LogP contribution in [0.15, 0.2) is 28.8 Å². The summed E-state index contributed by atoms with van der Waals surface area (Å²) in [6.45, 7) is 4.75. The van der Waals surface area contributed by atoms with E-state index >= 15 is 0 Å². The Bertz CT molecular complexity index is 537. The second kappa shape index (κ2) is 5.84. The van der Waals surface area contributed by atoms with Crippen LogP contribution in [-0.2, 0) is 0 Å². The van der Waals surface area contributed by atoms with E-state index in [0.717, 1.165) is 12.0 Å². The monoisotopic (exact) mass is 261 g/mol. The zero-order valence-corrected chi connectivity index (χ0v) is 11.2. The van der Waals surface area contributed by atoms with Gasteiger partial charge in [-0.05, 0) is 24.5 Å². The van der Waals surface area contributed by atoms with Crippen LogP contribution in [-0.4, -0.2) is 21.8 Å². The van der Waals surface area contributed by atoms with Gasteiger partial charge in [0.15, 0.2) is 0 Å². The average Bonchev–Trinajstić information content (AvgIpc) is 2.85. The first-order valence-electron chi connectivity index (χ1n) is 6.43. The van der Waals surface area contributed by atoms with Crippen molar-refractivity contribution in [1.82, 2.24) is 10.1 Å². The number of phenolic OH excluding ortho intramolecular Hbond substituents is 1. The molecule has 5 nitrogen and oxygen atoms in total. The van der Waals surface area contributed by atoms with Crippen LogP contribution < -0.4 is 5.73 Å². The van der Waals surface area contributed by atoms with Crippen molar-refractivity contribution in [2.75, 3.05) is 6.54 Å². The normalized spacial score (nSPS) is 12.8. The quantitative estimate of drug-likeness (QED) is 0.863.